The molecule has 1 unspecified atom stereocenters. The molecule has 0 radical (unpaired) electrons. The third-order valence-corrected chi connectivity index (χ3v) is 2.23. The number of hydrogen-bond donors (Lipinski definition) is 0. The Bertz CT molecular complexity index is 135. The van der Waals surface area contributed by atoms with Gasteiger partial charge in [-0.3, -0.25) is 0 Å². The zero-order chi connectivity index (χ0) is 8.48. The van der Waals surface area contributed by atoms with Gasteiger partial charge >= 0.3 is 5.92 Å². The molecule has 0 N–H and O–H groups in total. The van der Waals surface area contributed by atoms with E-state index in [1.807, 2.05) is 0 Å². The van der Waals surface area contributed by atoms with Gasteiger partial charge < -0.3 is 4.74 Å². The highest BCUT2D eigenvalue weighted by molar-refractivity contribution is 6.45. The Hall–Kier alpha value is 0.400. The minimum atomic E-state index is -3.11. The minimum Gasteiger partial charge on any atom is -0.372 e. The SMILES string of the molecule is FC(F)(C(Cl)Cl)C1CCCO1. The summed E-state index contributed by atoms with van der Waals surface area (Å²) in [5.74, 6) is -3.11. The van der Waals surface area contributed by atoms with Crippen molar-refractivity contribution in [3.05, 3.63) is 0 Å². The highest BCUT2D eigenvalue weighted by atomic mass is 35.5. The highest BCUT2D eigenvalue weighted by Crippen LogP contribution is 2.36. The largest absolute Gasteiger partial charge is 0.372 e. The number of hydrogen-bond acceptors (Lipinski definition) is 1. The van der Waals surface area contributed by atoms with Crippen molar-refractivity contribution in [3.8, 4) is 0 Å². The fraction of sp³-hybridized carbons (Fsp3) is 1.00. The van der Waals surface area contributed by atoms with Crippen molar-refractivity contribution in [2.24, 2.45) is 0 Å². The van der Waals surface area contributed by atoms with Gasteiger partial charge in [-0.25, -0.2) is 8.78 Å². The Kier molecular flexibility index (Phi) is 2.95. The summed E-state index contributed by atoms with van der Waals surface area (Å²) in [5, 5.41) is 0. The van der Waals surface area contributed by atoms with E-state index in [1.54, 1.807) is 0 Å². The Morgan fingerprint density at radius 2 is 2.09 bits per heavy atom. The van der Waals surface area contributed by atoms with E-state index < -0.39 is 16.9 Å². The van der Waals surface area contributed by atoms with E-state index in [2.05, 4.69) is 0 Å². The van der Waals surface area contributed by atoms with Gasteiger partial charge in [-0.05, 0) is 12.8 Å². The third-order valence-electron chi connectivity index (χ3n) is 1.65. The summed E-state index contributed by atoms with van der Waals surface area (Å²) < 4.78 is 30.5. The molecule has 1 aliphatic heterocycles. The predicted molar refractivity (Wildman–Crippen MR) is 39.4 cm³/mol. The first-order valence-electron chi connectivity index (χ1n) is 3.32. The van der Waals surface area contributed by atoms with Crippen LogP contribution in [0.25, 0.3) is 0 Å². The summed E-state index contributed by atoms with van der Waals surface area (Å²) in [5.41, 5.74) is 0. The van der Waals surface area contributed by atoms with Crippen molar-refractivity contribution in [1.82, 2.24) is 0 Å². The molecule has 66 valence electrons. The Morgan fingerprint density at radius 1 is 1.45 bits per heavy atom. The number of alkyl halides is 4. The van der Waals surface area contributed by atoms with Crippen LogP contribution in [0.1, 0.15) is 12.8 Å². The second-order valence-corrected chi connectivity index (χ2v) is 3.57. The average molecular weight is 205 g/mol. The molecule has 1 atom stereocenters. The molecule has 11 heavy (non-hydrogen) atoms. The highest BCUT2D eigenvalue weighted by Gasteiger charge is 2.47. The van der Waals surface area contributed by atoms with E-state index in [1.165, 1.54) is 0 Å². The molecule has 1 heterocycles. The molecule has 1 aliphatic rings. The van der Waals surface area contributed by atoms with E-state index in [9.17, 15) is 8.78 Å². The maximum absolute atomic E-state index is 12.9. The molecule has 5 heteroatoms. The summed E-state index contributed by atoms with van der Waals surface area (Å²) in [7, 11) is 0. The Balaban J connectivity index is 2.55. The Labute approximate surface area is 73.6 Å². The second kappa shape index (κ2) is 3.42. The molecule has 0 amide bonds. The number of halogens is 4. The van der Waals surface area contributed by atoms with Gasteiger partial charge in [-0.2, -0.15) is 0 Å². The van der Waals surface area contributed by atoms with Gasteiger partial charge in [0.1, 0.15) is 6.10 Å². The monoisotopic (exact) mass is 204 g/mol. The van der Waals surface area contributed by atoms with Gasteiger partial charge in [0.15, 0.2) is 4.84 Å². The molecule has 1 fully saturated rings. The second-order valence-electron chi connectivity index (χ2n) is 2.48. The van der Waals surface area contributed by atoms with Crippen LogP contribution in [-0.2, 0) is 4.74 Å². The lowest BCUT2D eigenvalue weighted by atomic mass is 10.1. The summed E-state index contributed by atoms with van der Waals surface area (Å²) in [4.78, 5) is -1.68. The normalized spacial score (nSPS) is 26.5. The topological polar surface area (TPSA) is 9.23 Å². The van der Waals surface area contributed by atoms with Crippen molar-refractivity contribution in [3.63, 3.8) is 0 Å². The molecular formula is C6H8Cl2F2O. The first kappa shape index (κ1) is 9.49. The van der Waals surface area contributed by atoms with E-state index in [0.29, 0.717) is 19.4 Å². The van der Waals surface area contributed by atoms with Crippen molar-refractivity contribution in [2.45, 2.75) is 29.7 Å². The molecule has 0 saturated carbocycles. The first-order chi connectivity index (χ1) is 5.05. The molecule has 0 aromatic carbocycles. The van der Waals surface area contributed by atoms with E-state index in [-0.39, 0.29) is 0 Å². The average Bonchev–Trinajstić information content (AvgIpc) is 2.37. The van der Waals surface area contributed by atoms with Gasteiger partial charge in [-0.1, -0.05) is 23.2 Å². The van der Waals surface area contributed by atoms with Gasteiger partial charge in [0.05, 0.1) is 0 Å². The van der Waals surface area contributed by atoms with Crippen LogP contribution in [0.5, 0.6) is 0 Å². The number of ether oxygens (including phenoxy) is 1. The minimum absolute atomic E-state index is 0.336. The lowest BCUT2D eigenvalue weighted by molar-refractivity contribution is -0.105. The lowest BCUT2D eigenvalue weighted by Gasteiger charge is -2.22. The third kappa shape index (κ3) is 1.95. The smallest absolute Gasteiger partial charge is 0.303 e. The predicted octanol–water partition coefficient (Wildman–Crippen LogP) is 2.60. The molecule has 0 aromatic heterocycles. The maximum Gasteiger partial charge on any atom is 0.303 e. The van der Waals surface area contributed by atoms with Gasteiger partial charge in [-0.15, -0.1) is 0 Å². The van der Waals surface area contributed by atoms with Gasteiger partial charge in [0.25, 0.3) is 0 Å². The molecule has 1 nitrogen and oxygen atoms in total. The van der Waals surface area contributed by atoms with Gasteiger partial charge in [0, 0.05) is 6.61 Å². The zero-order valence-corrected chi connectivity index (χ0v) is 7.21. The van der Waals surface area contributed by atoms with E-state index in [0.717, 1.165) is 0 Å². The van der Waals surface area contributed by atoms with Crippen molar-refractivity contribution in [1.29, 1.82) is 0 Å². The fourth-order valence-electron chi connectivity index (χ4n) is 1.02. The molecule has 0 bridgehead atoms. The standard InChI is InChI=1S/C6H8Cl2F2O/c7-5(8)6(9,10)4-2-1-3-11-4/h4-5H,1-3H2. The summed E-state index contributed by atoms with van der Waals surface area (Å²) in [6, 6.07) is 0. The first-order valence-corrected chi connectivity index (χ1v) is 4.20. The molecule has 0 aromatic rings. The summed E-state index contributed by atoms with van der Waals surface area (Å²) in [6.07, 6.45) is -0.105. The van der Waals surface area contributed by atoms with E-state index in [4.69, 9.17) is 27.9 Å². The zero-order valence-electron chi connectivity index (χ0n) is 5.70. The molecule has 1 rings (SSSR count). The Morgan fingerprint density at radius 3 is 2.45 bits per heavy atom. The van der Waals surface area contributed by atoms with Crippen LogP contribution in [0.4, 0.5) is 8.78 Å². The van der Waals surface area contributed by atoms with Crippen LogP contribution in [0, 0.1) is 0 Å². The van der Waals surface area contributed by atoms with Crippen molar-refractivity contribution in [2.75, 3.05) is 6.61 Å². The molecule has 1 saturated heterocycles. The summed E-state index contributed by atoms with van der Waals surface area (Å²) in [6.45, 7) is 0.376. The van der Waals surface area contributed by atoms with Crippen LogP contribution < -0.4 is 0 Å². The number of rotatable bonds is 2. The van der Waals surface area contributed by atoms with Crippen LogP contribution in [0.15, 0.2) is 0 Å². The molecule has 0 spiro atoms. The summed E-state index contributed by atoms with van der Waals surface area (Å²) >= 11 is 10.2. The molecular weight excluding hydrogens is 197 g/mol. The van der Waals surface area contributed by atoms with Crippen LogP contribution in [0.2, 0.25) is 0 Å². The van der Waals surface area contributed by atoms with Crippen LogP contribution >= 0.6 is 23.2 Å². The van der Waals surface area contributed by atoms with Crippen LogP contribution in [0.3, 0.4) is 0 Å². The van der Waals surface area contributed by atoms with Crippen LogP contribution in [-0.4, -0.2) is 23.5 Å². The molecule has 0 aliphatic carbocycles. The van der Waals surface area contributed by atoms with E-state index >= 15 is 0 Å². The maximum atomic E-state index is 12.9. The quantitative estimate of drug-likeness (QED) is 0.629. The fourth-order valence-corrected chi connectivity index (χ4v) is 1.30. The lowest BCUT2D eigenvalue weighted by Crippen LogP contribution is -2.38. The van der Waals surface area contributed by atoms with Gasteiger partial charge in [0.2, 0.25) is 0 Å². The van der Waals surface area contributed by atoms with Crippen molar-refractivity contribution < 1.29 is 13.5 Å². The van der Waals surface area contributed by atoms with Crippen molar-refractivity contribution >= 4 is 23.2 Å².